The van der Waals surface area contributed by atoms with Gasteiger partial charge in [0, 0.05) is 12.0 Å². The van der Waals surface area contributed by atoms with Gasteiger partial charge in [-0.05, 0) is 77.2 Å². The number of carbonyl (C=O) groups is 1. The van der Waals surface area contributed by atoms with Gasteiger partial charge in [-0.15, -0.1) is 0 Å². The summed E-state index contributed by atoms with van der Waals surface area (Å²) < 4.78 is 0. The second kappa shape index (κ2) is 14.3. The molecule has 2 rings (SSSR count). The molecule has 0 aromatic rings. The minimum atomic E-state index is -0.922. The second-order valence-corrected chi connectivity index (χ2v) is 5.01. The van der Waals surface area contributed by atoms with Crippen molar-refractivity contribution in [1.29, 1.82) is 0 Å². The normalized spacial score (nSPS) is 19.4. The molecule has 2 aliphatic carbocycles. The van der Waals surface area contributed by atoms with Crippen molar-refractivity contribution in [3.8, 4) is 0 Å². The molecule has 2 aliphatic rings. The molecule has 3 heteroatoms. The molecular formula is C21H22FeO2+2. The van der Waals surface area contributed by atoms with Crippen LogP contribution in [0.5, 0.6) is 0 Å². The Kier molecular flexibility index (Phi) is 13.7. The molecule has 124 valence electrons. The predicted octanol–water partition coefficient (Wildman–Crippen LogP) is 4.50. The van der Waals surface area contributed by atoms with Crippen LogP contribution in [0.2, 0.25) is 0 Å². The zero-order chi connectivity index (χ0) is 16.9. The van der Waals surface area contributed by atoms with Gasteiger partial charge in [0.25, 0.3) is 0 Å². The van der Waals surface area contributed by atoms with Crippen LogP contribution >= 0.6 is 0 Å². The Balaban J connectivity index is 0.000000751. The summed E-state index contributed by atoms with van der Waals surface area (Å²) in [6.45, 7) is 3.76. The Morgan fingerprint density at radius 3 is 1.92 bits per heavy atom. The molecule has 0 bridgehead atoms. The van der Waals surface area contributed by atoms with Crippen LogP contribution in [-0.4, -0.2) is 11.1 Å². The fourth-order valence-corrected chi connectivity index (χ4v) is 1.70. The van der Waals surface area contributed by atoms with Crippen molar-refractivity contribution in [3.63, 3.8) is 0 Å². The van der Waals surface area contributed by atoms with Gasteiger partial charge < -0.3 is 5.11 Å². The van der Waals surface area contributed by atoms with E-state index in [1.54, 1.807) is 13.0 Å². The van der Waals surface area contributed by atoms with Crippen LogP contribution in [0, 0.1) is 63.7 Å². The first-order valence-electron chi connectivity index (χ1n) is 7.40. The van der Waals surface area contributed by atoms with Gasteiger partial charge in [-0.3, -0.25) is 0 Å². The molecule has 0 aromatic carbocycles. The van der Waals surface area contributed by atoms with E-state index >= 15 is 0 Å². The largest absolute Gasteiger partial charge is 2.00 e. The first-order valence-corrected chi connectivity index (χ1v) is 7.40. The van der Waals surface area contributed by atoms with E-state index < -0.39 is 5.97 Å². The Morgan fingerprint density at radius 2 is 1.42 bits per heavy atom. The van der Waals surface area contributed by atoms with Gasteiger partial charge >= 0.3 is 23.0 Å². The number of aliphatic carboxylic acids is 1. The van der Waals surface area contributed by atoms with Crippen LogP contribution in [0.3, 0.4) is 0 Å². The van der Waals surface area contributed by atoms with Crippen LogP contribution in [0.1, 0.15) is 13.8 Å². The van der Waals surface area contributed by atoms with Crippen molar-refractivity contribution in [2.75, 3.05) is 0 Å². The van der Waals surface area contributed by atoms with Crippen molar-refractivity contribution in [1.82, 2.24) is 0 Å². The summed E-state index contributed by atoms with van der Waals surface area (Å²) in [6.07, 6.45) is 28.9. The predicted molar refractivity (Wildman–Crippen MR) is 95.4 cm³/mol. The van der Waals surface area contributed by atoms with Crippen molar-refractivity contribution in [3.05, 3.63) is 111 Å². The number of rotatable bonds is 5. The smallest absolute Gasteiger partial charge is 0.478 e. The average Bonchev–Trinajstić information content (AvgIpc) is 3.20. The van der Waals surface area contributed by atoms with E-state index in [1.807, 2.05) is 89.0 Å². The van der Waals surface area contributed by atoms with Gasteiger partial charge in [-0.2, -0.15) is 0 Å². The summed E-state index contributed by atoms with van der Waals surface area (Å²) in [4.78, 5) is 10.4. The van der Waals surface area contributed by atoms with E-state index in [1.165, 1.54) is 12.0 Å². The summed E-state index contributed by atoms with van der Waals surface area (Å²) in [5.41, 5.74) is 1.82. The fourth-order valence-electron chi connectivity index (χ4n) is 1.70. The third-order valence-electron chi connectivity index (χ3n) is 2.85. The molecule has 0 aromatic heterocycles. The van der Waals surface area contributed by atoms with Crippen LogP contribution in [-0.2, 0) is 21.9 Å². The first-order chi connectivity index (χ1) is 11.1. The summed E-state index contributed by atoms with van der Waals surface area (Å²) in [6, 6.07) is 0. The standard InChI is InChI=1S/C16H17O2.C5H5.Fe/c1-13(10-11-15-8-3-4-9-15)6-5-7-14(2)12-16(17)18;1-2-4-5-3-1;/h3-12H,1-2H3,(H,17,18);1-5H;/q;;+2/b7-5+,11-10+,13-6+,14-12+;;. The van der Waals surface area contributed by atoms with Crippen LogP contribution < -0.4 is 0 Å². The van der Waals surface area contributed by atoms with Crippen LogP contribution in [0.15, 0.2) is 47.6 Å². The molecular weight excluding hydrogens is 340 g/mol. The zero-order valence-corrected chi connectivity index (χ0v) is 15.0. The Bertz CT molecular complexity index is 455. The molecule has 0 saturated heterocycles. The van der Waals surface area contributed by atoms with Gasteiger partial charge in [-0.1, -0.05) is 36.0 Å². The number of carboxylic acids is 1. The maximum atomic E-state index is 10.4. The second-order valence-electron chi connectivity index (χ2n) is 5.01. The molecule has 0 atom stereocenters. The van der Waals surface area contributed by atoms with E-state index in [0.29, 0.717) is 5.57 Å². The first kappa shape index (κ1) is 22.9. The Hall–Kier alpha value is -1.05. The minimum Gasteiger partial charge on any atom is -0.478 e. The topological polar surface area (TPSA) is 37.3 Å². The maximum Gasteiger partial charge on any atom is 2.00 e. The summed E-state index contributed by atoms with van der Waals surface area (Å²) >= 11 is 0. The van der Waals surface area contributed by atoms with Crippen LogP contribution in [0.4, 0.5) is 0 Å². The van der Waals surface area contributed by atoms with E-state index in [-0.39, 0.29) is 17.1 Å². The Morgan fingerprint density at radius 1 is 0.875 bits per heavy atom. The molecule has 0 spiro atoms. The Labute approximate surface area is 158 Å². The molecule has 0 unspecified atom stereocenters. The number of hydrogen-bond donors (Lipinski definition) is 1. The molecule has 2 nitrogen and oxygen atoms in total. The summed E-state index contributed by atoms with van der Waals surface area (Å²) in [7, 11) is 0. The molecule has 2 fully saturated rings. The third-order valence-corrected chi connectivity index (χ3v) is 2.85. The van der Waals surface area contributed by atoms with Gasteiger partial charge in [0.1, 0.15) is 0 Å². The third kappa shape index (κ3) is 12.4. The molecule has 1 N–H and O–H groups in total. The minimum absolute atomic E-state index is 0. The average molecular weight is 362 g/mol. The van der Waals surface area contributed by atoms with Crippen molar-refractivity contribution >= 4 is 5.97 Å². The zero-order valence-electron chi connectivity index (χ0n) is 13.9. The van der Waals surface area contributed by atoms with E-state index in [4.69, 9.17) is 5.11 Å². The van der Waals surface area contributed by atoms with E-state index in [2.05, 4.69) is 0 Å². The molecule has 0 heterocycles. The maximum absolute atomic E-state index is 10.4. The van der Waals surface area contributed by atoms with E-state index in [9.17, 15) is 4.79 Å². The van der Waals surface area contributed by atoms with Gasteiger partial charge in [0.05, 0.1) is 0 Å². The monoisotopic (exact) mass is 362 g/mol. The molecule has 10 radical (unpaired) electrons. The van der Waals surface area contributed by atoms with Crippen LogP contribution in [0.25, 0.3) is 0 Å². The van der Waals surface area contributed by atoms with Crippen molar-refractivity contribution in [2.45, 2.75) is 13.8 Å². The summed E-state index contributed by atoms with van der Waals surface area (Å²) in [5.74, 6) is 0.252. The van der Waals surface area contributed by atoms with Gasteiger partial charge in [-0.25, -0.2) is 4.79 Å². The number of hydrogen-bond acceptors (Lipinski definition) is 1. The molecule has 0 aliphatic heterocycles. The SMILES string of the molecule is CC(/C=C/[C]1[CH][CH][CH][CH]1)=C\C=C\C(C)=C\C(=O)O.[CH]1[CH][CH][CH][CH]1.[Fe+2]. The molecule has 24 heavy (non-hydrogen) atoms. The van der Waals surface area contributed by atoms with Gasteiger partial charge in [0.2, 0.25) is 0 Å². The quantitative estimate of drug-likeness (QED) is 0.444. The van der Waals surface area contributed by atoms with Crippen molar-refractivity contribution in [2.24, 2.45) is 0 Å². The van der Waals surface area contributed by atoms with E-state index in [0.717, 1.165) is 5.57 Å². The summed E-state index contributed by atoms with van der Waals surface area (Å²) in [5, 5.41) is 8.55. The fraction of sp³-hybridized carbons (Fsp3) is 0.0952. The number of carboxylic acid groups (broad SMARTS) is 1. The molecule has 2 saturated carbocycles. The number of allylic oxidation sites excluding steroid dienone is 7. The van der Waals surface area contributed by atoms with Crippen molar-refractivity contribution < 1.29 is 27.0 Å². The van der Waals surface area contributed by atoms with Gasteiger partial charge in [0.15, 0.2) is 0 Å². The molecule has 0 amide bonds.